The monoisotopic (exact) mass is 302 g/mol. The van der Waals surface area contributed by atoms with Crippen LogP contribution in [0.1, 0.15) is 37.4 Å². The molecule has 4 atom stereocenters. The lowest BCUT2D eigenvalue weighted by atomic mass is 9.73. The van der Waals surface area contributed by atoms with E-state index in [1.165, 1.54) is 30.5 Å². The number of methoxy groups -OCH3 is 1. The van der Waals surface area contributed by atoms with Crippen LogP contribution in [0.15, 0.2) is 24.3 Å². The molecular formula is C18H26N2O2. The first kappa shape index (κ1) is 14.5. The Morgan fingerprint density at radius 3 is 2.73 bits per heavy atom. The topological polar surface area (TPSA) is 42.5 Å². The molecule has 1 aromatic carbocycles. The van der Waals surface area contributed by atoms with Crippen molar-refractivity contribution in [3.05, 3.63) is 29.8 Å². The summed E-state index contributed by atoms with van der Waals surface area (Å²) in [4.78, 5) is 0. The summed E-state index contributed by atoms with van der Waals surface area (Å²) in [6, 6.07) is 9.15. The SMILES string of the molecule is COC1CCC2C(O1)c1ccccc1NC2C1CCNCC1. The van der Waals surface area contributed by atoms with Crippen LogP contribution >= 0.6 is 0 Å². The van der Waals surface area contributed by atoms with Crippen molar-refractivity contribution in [1.29, 1.82) is 0 Å². The van der Waals surface area contributed by atoms with Gasteiger partial charge in [-0.3, -0.25) is 0 Å². The van der Waals surface area contributed by atoms with Gasteiger partial charge in [-0.15, -0.1) is 0 Å². The van der Waals surface area contributed by atoms with Crippen LogP contribution in [0.3, 0.4) is 0 Å². The minimum Gasteiger partial charge on any atom is -0.381 e. The third-order valence-corrected chi connectivity index (χ3v) is 5.63. The molecular weight excluding hydrogens is 276 g/mol. The minimum atomic E-state index is -0.0546. The summed E-state index contributed by atoms with van der Waals surface area (Å²) in [5.74, 6) is 1.30. The highest BCUT2D eigenvalue weighted by Crippen LogP contribution is 2.47. The van der Waals surface area contributed by atoms with Gasteiger partial charge in [-0.1, -0.05) is 18.2 Å². The Morgan fingerprint density at radius 1 is 1.09 bits per heavy atom. The molecule has 120 valence electrons. The van der Waals surface area contributed by atoms with Gasteiger partial charge >= 0.3 is 0 Å². The van der Waals surface area contributed by atoms with Gasteiger partial charge in [0, 0.05) is 30.3 Å². The number of hydrogen-bond acceptors (Lipinski definition) is 4. The zero-order valence-electron chi connectivity index (χ0n) is 13.3. The second kappa shape index (κ2) is 6.19. The first-order valence-corrected chi connectivity index (χ1v) is 8.61. The average molecular weight is 302 g/mol. The standard InChI is InChI=1S/C18H26N2O2/c1-21-16-7-6-14-17(12-8-10-19-11-9-12)20-15-5-3-2-4-13(15)18(14)22-16/h2-5,12,14,16-20H,6-11H2,1H3. The quantitative estimate of drug-likeness (QED) is 0.881. The fourth-order valence-electron chi connectivity index (χ4n) is 4.49. The Bertz CT molecular complexity index is 516. The molecule has 22 heavy (non-hydrogen) atoms. The van der Waals surface area contributed by atoms with Gasteiger partial charge in [0.25, 0.3) is 0 Å². The van der Waals surface area contributed by atoms with E-state index in [1.54, 1.807) is 7.11 Å². The Balaban J connectivity index is 1.65. The predicted molar refractivity (Wildman–Crippen MR) is 86.8 cm³/mol. The van der Waals surface area contributed by atoms with Crippen LogP contribution in [0, 0.1) is 11.8 Å². The summed E-state index contributed by atoms with van der Waals surface area (Å²) in [6.45, 7) is 2.28. The van der Waals surface area contributed by atoms with Crippen molar-refractivity contribution in [3.8, 4) is 0 Å². The second-order valence-corrected chi connectivity index (χ2v) is 6.81. The van der Waals surface area contributed by atoms with E-state index in [4.69, 9.17) is 9.47 Å². The molecule has 3 aliphatic rings. The molecule has 0 radical (unpaired) electrons. The predicted octanol–water partition coefficient (Wildman–Crippen LogP) is 2.92. The molecule has 0 aliphatic carbocycles. The number of benzene rings is 1. The molecule has 0 bridgehead atoms. The molecule has 0 saturated carbocycles. The Morgan fingerprint density at radius 2 is 1.91 bits per heavy atom. The lowest BCUT2D eigenvalue weighted by Gasteiger charge is -2.48. The van der Waals surface area contributed by atoms with E-state index in [1.807, 2.05) is 0 Å². The van der Waals surface area contributed by atoms with Gasteiger partial charge in [0.05, 0.1) is 6.10 Å². The zero-order chi connectivity index (χ0) is 14.9. The van der Waals surface area contributed by atoms with Crippen molar-refractivity contribution >= 4 is 5.69 Å². The number of anilines is 1. The molecule has 4 nitrogen and oxygen atoms in total. The molecule has 2 fully saturated rings. The van der Waals surface area contributed by atoms with E-state index in [0.717, 1.165) is 25.4 Å². The van der Waals surface area contributed by atoms with Gasteiger partial charge in [0.2, 0.25) is 0 Å². The number of hydrogen-bond donors (Lipinski definition) is 2. The van der Waals surface area contributed by atoms with Crippen LogP contribution in [0.4, 0.5) is 5.69 Å². The molecule has 2 saturated heterocycles. The van der Waals surface area contributed by atoms with Crippen LogP contribution < -0.4 is 10.6 Å². The highest BCUT2D eigenvalue weighted by Gasteiger charge is 2.44. The smallest absolute Gasteiger partial charge is 0.158 e. The van der Waals surface area contributed by atoms with Gasteiger partial charge in [-0.2, -0.15) is 0 Å². The molecule has 1 aromatic rings. The lowest BCUT2D eigenvalue weighted by Crippen LogP contribution is -2.49. The molecule has 0 aromatic heterocycles. The van der Waals surface area contributed by atoms with Crippen molar-refractivity contribution in [2.75, 3.05) is 25.5 Å². The fraction of sp³-hybridized carbons (Fsp3) is 0.667. The van der Waals surface area contributed by atoms with Crippen molar-refractivity contribution in [2.24, 2.45) is 11.8 Å². The largest absolute Gasteiger partial charge is 0.381 e. The maximum atomic E-state index is 6.31. The van der Waals surface area contributed by atoms with Crippen molar-refractivity contribution in [2.45, 2.75) is 44.1 Å². The van der Waals surface area contributed by atoms with E-state index in [0.29, 0.717) is 12.0 Å². The average Bonchev–Trinajstić information content (AvgIpc) is 2.61. The summed E-state index contributed by atoms with van der Waals surface area (Å²) in [7, 11) is 1.75. The summed E-state index contributed by atoms with van der Waals surface area (Å²) >= 11 is 0. The molecule has 0 amide bonds. The molecule has 0 spiro atoms. The van der Waals surface area contributed by atoms with Gasteiger partial charge < -0.3 is 20.1 Å². The fourth-order valence-corrected chi connectivity index (χ4v) is 4.49. The molecule has 2 N–H and O–H groups in total. The van der Waals surface area contributed by atoms with Crippen LogP contribution in [-0.2, 0) is 9.47 Å². The molecule has 4 rings (SSSR count). The highest BCUT2D eigenvalue weighted by atomic mass is 16.7. The Labute approximate surface area is 132 Å². The van der Waals surface area contributed by atoms with E-state index in [-0.39, 0.29) is 12.4 Å². The second-order valence-electron chi connectivity index (χ2n) is 6.81. The summed E-state index contributed by atoms with van der Waals surface area (Å²) in [5, 5.41) is 7.33. The number of piperidine rings is 1. The van der Waals surface area contributed by atoms with Crippen molar-refractivity contribution < 1.29 is 9.47 Å². The number of nitrogens with one attached hydrogen (secondary N) is 2. The maximum absolute atomic E-state index is 6.31. The summed E-state index contributed by atoms with van der Waals surface area (Å²) in [5.41, 5.74) is 2.56. The van der Waals surface area contributed by atoms with Crippen LogP contribution in [0.2, 0.25) is 0 Å². The van der Waals surface area contributed by atoms with E-state index < -0.39 is 0 Å². The molecule has 4 unspecified atom stereocenters. The number of fused-ring (bicyclic) bond motifs is 3. The first-order chi connectivity index (χ1) is 10.9. The summed E-state index contributed by atoms with van der Waals surface area (Å²) < 4.78 is 11.8. The first-order valence-electron chi connectivity index (χ1n) is 8.61. The van der Waals surface area contributed by atoms with Crippen LogP contribution in [0.25, 0.3) is 0 Å². The van der Waals surface area contributed by atoms with Gasteiger partial charge in [0.1, 0.15) is 0 Å². The highest BCUT2D eigenvalue weighted by molar-refractivity contribution is 5.56. The van der Waals surface area contributed by atoms with Gasteiger partial charge in [-0.05, 0) is 50.8 Å². The van der Waals surface area contributed by atoms with Crippen LogP contribution in [0.5, 0.6) is 0 Å². The van der Waals surface area contributed by atoms with Crippen LogP contribution in [-0.4, -0.2) is 32.5 Å². The molecule has 3 heterocycles. The zero-order valence-corrected chi connectivity index (χ0v) is 13.3. The van der Waals surface area contributed by atoms with Gasteiger partial charge in [-0.25, -0.2) is 0 Å². The minimum absolute atomic E-state index is 0.0546. The van der Waals surface area contributed by atoms with Gasteiger partial charge in [0.15, 0.2) is 6.29 Å². The van der Waals surface area contributed by atoms with Crippen molar-refractivity contribution in [3.63, 3.8) is 0 Å². The van der Waals surface area contributed by atoms with E-state index in [2.05, 4.69) is 34.9 Å². The molecule has 4 heteroatoms. The third-order valence-electron chi connectivity index (χ3n) is 5.63. The third kappa shape index (κ3) is 2.53. The number of ether oxygens (including phenoxy) is 2. The normalized spacial score (nSPS) is 35.3. The maximum Gasteiger partial charge on any atom is 0.158 e. The van der Waals surface area contributed by atoms with E-state index >= 15 is 0 Å². The Kier molecular flexibility index (Phi) is 4.07. The number of rotatable bonds is 2. The Hall–Kier alpha value is -1.10. The lowest BCUT2D eigenvalue weighted by molar-refractivity contribution is -0.205. The van der Waals surface area contributed by atoms with E-state index in [9.17, 15) is 0 Å². The molecule has 3 aliphatic heterocycles. The van der Waals surface area contributed by atoms with Crippen molar-refractivity contribution in [1.82, 2.24) is 5.32 Å². The number of para-hydroxylation sites is 1. The summed E-state index contributed by atoms with van der Waals surface area (Å²) in [6.07, 6.45) is 4.83.